The van der Waals surface area contributed by atoms with E-state index >= 15 is 0 Å². The van der Waals surface area contributed by atoms with Crippen molar-refractivity contribution in [2.24, 2.45) is 0 Å². The van der Waals surface area contributed by atoms with Gasteiger partial charge in [0.15, 0.2) is 10.4 Å². The Hall–Kier alpha value is -0.710. The number of nitrogens with zero attached hydrogens (tertiary/aromatic N) is 2. The molecule has 15 heavy (non-hydrogen) atoms. The third-order valence-corrected chi connectivity index (χ3v) is 3.20. The molecule has 0 saturated carbocycles. The van der Waals surface area contributed by atoms with Crippen LogP contribution in [0.3, 0.4) is 0 Å². The summed E-state index contributed by atoms with van der Waals surface area (Å²) in [6.45, 7) is 0. The second-order valence-electron chi connectivity index (χ2n) is 2.65. The third-order valence-electron chi connectivity index (χ3n) is 1.60. The molecule has 0 aliphatic carbocycles. The molecule has 2 rings (SSSR count). The van der Waals surface area contributed by atoms with Crippen LogP contribution in [-0.4, -0.2) is 9.97 Å². The maximum absolute atomic E-state index is 5.84. The number of rotatable bonds is 3. The quantitative estimate of drug-likeness (QED) is 0.790. The van der Waals surface area contributed by atoms with Crippen molar-refractivity contribution < 1.29 is 4.42 Å². The monoisotopic (exact) mass is 260 g/mol. The highest BCUT2D eigenvalue weighted by Gasteiger charge is 2.05. The van der Waals surface area contributed by atoms with Crippen molar-refractivity contribution in [3.63, 3.8) is 0 Å². The molecule has 0 fully saturated rings. The lowest BCUT2D eigenvalue weighted by molar-refractivity contribution is 0.532. The summed E-state index contributed by atoms with van der Waals surface area (Å²) in [4.78, 5) is 8.02. The van der Waals surface area contributed by atoms with Gasteiger partial charge in [0, 0.05) is 12.4 Å². The molecular weight excluding hydrogens is 255 g/mol. The molecular formula is C9H6Cl2N2OS. The highest BCUT2D eigenvalue weighted by atomic mass is 35.5. The number of furan rings is 1. The summed E-state index contributed by atoms with van der Waals surface area (Å²) < 4.78 is 5.20. The van der Waals surface area contributed by atoms with Gasteiger partial charge >= 0.3 is 0 Å². The molecule has 0 amide bonds. The van der Waals surface area contributed by atoms with Gasteiger partial charge in [0.1, 0.15) is 10.8 Å². The van der Waals surface area contributed by atoms with Gasteiger partial charge in [-0.25, -0.2) is 9.97 Å². The van der Waals surface area contributed by atoms with Crippen molar-refractivity contribution in [3.8, 4) is 0 Å². The fourth-order valence-corrected chi connectivity index (χ4v) is 2.15. The summed E-state index contributed by atoms with van der Waals surface area (Å²) in [5, 5.41) is 1.47. The second-order valence-corrected chi connectivity index (χ2v) is 4.34. The summed E-state index contributed by atoms with van der Waals surface area (Å²) >= 11 is 12.9. The van der Waals surface area contributed by atoms with Crippen molar-refractivity contribution in [2.75, 3.05) is 0 Å². The van der Waals surface area contributed by atoms with E-state index in [0.29, 0.717) is 21.2 Å². The molecule has 2 aromatic heterocycles. The van der Waals surface area contributed by atoms with E-state index < -0.39 is 0 Å². The van der Waals surface area contributed by atoms with Crippen molar-refractivity contribution in [1.82, 2.24) is 9.97 Å². The second kappa shape index (κ2) is 4.88. The number of hydrogen-bond acceptors (Lipinski definition) is 4. The molecule has 2 aromatic rings. The predicted octanol–water partition coefficient (Wildman–Crippen LogP) is 3.67. The number of aromatic nitrogens is 2. The van der Waals surface area contributed by atoms with Crippen molar-refractivity contribution in [1.29, 1.82) is 0 Å². The first kappa shape index (κ1) is 10.8. The van der Waals surface area contributed by atoms with E-state index in [2.05, 4.69) is 9.97 Å². The summed E-state index contributed by atoms with van der Waals surface area (Å²) in [5.74, 6) is 1.41. The van der Waals surface area contributed by atoms with E-state index in [1.54, 1.807) is 18.5 Å². The van der Waals surface area contributed by atoms with Crippen LogP contribution >= 0.6 is 35.0 Å². The number of hydrogen-bond donors (Lipinski definition) is 0. The summed E-state index contributed by atoms with van der Waals surface area (Å²) in [6.07, 6.45) is 3.15. The lowest BCUT2D eigenvalue weighted by Crippen LogP contribution is -1.85. The molecule has 0 N–H and O–H groups in total. The highest BCUT2D eigenvalue weighted by molar-refractivity contribution is 7.98. The number of thioether (sulfide) groups is 1. The predicted molar refractivity (Wildman–Crippen MR) is 60.3 cm³/mol. The Balaban J connectivity index is 2.02. The molecule has 0 atom stereocenters. The molecule has 0 aliphatic rings. The molecule has 0 aliphatic heterocycles. The van der Waals surface area contributed by atoms with Gasteiger partial charge in [-0.3, -0.25) is 0 Å². The van der Waals surface area contributed by atoms with Gasteiger partial charge in [0.05, 0.1) is 5.75 Å². The third kappa shape index (κ3) is 2.87. The Morgan fingerprint density at radius 1 is 1.20 bits per heavy atom. The maximum Gasteiger partial charge on any atom is 0.193 e. The van der Waals surface area contributed by atoms with E-state index in [1.807, 2.05) is 6.07 Å². The Bertz CT molecular complexity index is 461. The highest BCUT2D eigenvalue weighted by Crippen LogP contribution is 2.27. The lowest BCUT2D eigenvalue weighted by atomic mass is 10.5. The Morgan fingerprint density at radius 3 is 2.67 bits per heavy atom. The Morgan fingerprint density at radius 2 is 2.00 bits per heavy atom. The molecule has 0 aromatic carbocycles. The molecule has 3 nitrogen and oxygen atoms in total. The summed E-state index contributed by atoms with van der Waals surface area (Å²) in [6, 6.07) is 3.52. The zero-order valence-electron chi connectivity index (χ0n) is 7.48. The maximum atomic E-state index is 5.84. The SMILES string of the molecule is Clc1ccc(CSc2nccnc2Cl)o1. The van der Waals surface area contributed by atoms with Gasteiger partial charge in [-0.05, 0) is 23.7 Å². The molecule has 0 radical (unpaired) electrons. The molecule has 6 heteroatoms. The van der Waals surface area contributed by atoms with E-state index in [1.165, 1.54) is 11.8 Å². The first-order valence-corrected chi connectivity index (χ1v) is 5.83. The molecule has 0 unspecified atom stereocenters. The van der Waals surface area contributed by atoms with Crippen LogP contribution in [0, 0.1) is 0 Å². The van der Waals surface area contributed by atoms with Crippen LogP contribution in [0.4, 0.5) is 0 Å². The fraction of sp³-hybridized carbons (Fsp3) is 0.111. The Labute approximate surface area is 101 Å². The lowest BCUT2D eigenvalue weighted by Gasteiger charge is -1.99. The van der Waals surface area contributed by atoms with Gasteiger partial charge in [0.25, 0.3) is 0 Å². The molecule has 78 valence electrons. The number of halogens is 2. The van der Waals surface area contributed by atoms with Crippen LogP contribution in [-0.2, 0) is 5.75 Å². The van der Waals surface area contributed by atoms with Crippen LogP contribution in [0.25, 0.3) is 0 Å². The van der Waals surface area contributed by atoms with Crippen molar-refractivity contribution in [3.05, 3.63) is 40.7 Å². The van der Waals surface area contributed by atoms with Gasteiger partial charge in [-0.2, -0.15) is 0 Å². The van der Waals surface area contributed by atoms with Crippen LogP contribution in [0.2, 0.25) is 10.4 Å². The van der Waals surface area contributed by atoms with Crippen LogP contribution < -0.4 is 0 Å². The zero-order valence-corrected chi connectivity index (χ0v) is 9.81. The topological polar surface area (TPSA) is 38.9 Å². The summed E-state index contributed by atoms with van der Waals surface area (Å²) in [7, 11) is 0. The Kier molecular flexibility index (Phi) is 3.51. The van der Waals surface area contributed by atoms with E-state index in [0.717, 1.165) is 5.76 Å². The average Bonchev–Trinajstić information content (AvgIpc) is 2.63. The minimum atomic E-state index is 0.385. The van der Waals surface area contributed by atoms with Gasteiger partial charge in [0.2, 0.25) is 0 Å². The van der Waals surface area contributed by atoms with E-state index in [4.69, 9.17) is 27.6 Å². The normalized spacial score (nSPS) is 10.5. The minimum absolute atomic E-state index is 0.385. The first-order valence-electron chi connectivity index (χ1n) is 4.09. The molecule has 2 heterocycles. The first-order chi connectivity index (χ1) is 7.25. The van der Waals surface area contributed by atoms with E-state index in [9.17, 15) is 0 Å². The molecule has 0 saturated heterocycles. The van der Waals surface area contributed by atoms with Crippen LogP contribution in [0.1, 0.15) is 5.76 Å². The average molecular weight is 261 g/mol. The smallest absolute Gasteiger partial charge is 0.193 e. The van der Waals surface area contributed by atoms with Gasteiger partial charge in [-0.1, -0.05) is 23.4 Å². The van der Waals surface area contributed by atoms with Crippen LogP contribution in [0.15, 0.2) is 34.0 Å². The fourth-order valence-electron chi connectivity index (χ4n) is 0.974. The zero-order chi connectivity index (χ0) is 10.7. The molecule has 0 spiro atoms. The molecule has 0 bridgehead atoms. The van der Waals surface area contributed by atoms with Crippen molar-refractivity contribution in [2.45, 2.75) is 10.8 Å². The van der Waals surface area contributed by atoms with E-state index in [-0.39, 0.29) is 0 Å². The summed E-state index contributed by atoms with van der Waals surface area (Å²) in [5.41, 5.74) is 0. The standard InChI is InChI=1S/C9H6Cl2N2OS/c10-7-2-1-6(14-7)5-15-9-8(11)12-3-4-13-9/h1-4H,5H2. The van der Waals surface area contributed by atoms with Gasteiger partial charge in [-0.15, -0.1) is 0 Å². The van der Waals surface area contributed by atoms with Crippen LogP contribution in [0.5, 0.6) is 0 Å². The van der Waals surface area contributed by atoms with Gasteiger partial charge < -0.3 is 4.42 Å². The van der Waals surface area contributed by atoms with Crippen molar-refractivity contribution >= 4 is 35.0 Å². The largest absolute Gasteiger partial charge is 0.449 e. The minimum Gasteiger partial charge on any atom is -0.449 e.